The minimum absolute atomic E-state index is 0.0309. The van der Waals surface area contributed by atoms with Gasteiger partial charge in [0, 0.05) is 109 Å². The molecule has 6 aliphatic rings. The number of piperazine rings is 1. The predicted molar refractivity (Wildman–Crippen MR) is 240 cm³/mol. The molecule has 5 amide bonds. The lowest BCUT2D eigenvalue weighted by molar-refractivity contribution is -0.138. The van der Waals surface area contributed by atoms with Crippen molar-refractivity contribution in [1.29, 1.82) is 5.26 Å². The molecule has 67 heavy (non-hydrogen) atoms. The highest BCUT2D eigenvalue weighted by atomic mass is 19.4. The number of pyridine rings is 1. The number of nitriles is 1. The van der Waals surface area contributed by atoms with Crippen LogP contribution in [0.15, 0.2) is 54.7 Å². The van der Waals surface area contributed by atoms with Crippen LogP contribution in [0.4, 0.5) is 40.4 Å². The first kappa shape index (κ1) is 46.0. The van der Waals surface area contributed by atoms with E-state index in [2.05, 4.69) is 35.2 Å². The van der Waals surface area contributed by atoms with Crippen LogP contribution in [0, 0.1) is 23.2 Å². The zero-order valence-corrected chi connectivity index (χ0v) is 37.2. The van der Waals surface area contributed by atoms with Crippen molar-refractivity contribution >= 4 is 52.4 Å². The van der Waals surface area contributed by atoms with Gasteiger partial charge in [0.2, 0.25) is 11.8 Å². The van der Waals surface area contributed by atoms with E-state index in [0.29, 0.717) is 23.0 Å². The van der Waals surface area contributed by atoms with E-state index in [4.69, 9.17) is 5.26 Å². The van der Waals surface area contributed by atoms with Gasteiger partial charge in [0.15, 0.2) is 5.67 Å². The highest BCUT2D eigenvalue weighted by Crippen LogP contribution is 2.38. The molecule has 5 saturated heterocycles. The van der Waals surface area contributed by atoms with Crippen LogP contribution in [-0.2, 0) is 20.6 Å². The molecule has 1 unspecified atom stereocenters. The Morgan fingerprint density at radius 2 is 1.28 bits per heavy atom. The van der Waals surface area contributed by atoms with E-state index in [1.54, 1.807) is 35.4 Å². The van der Waals surface area contributed by atoms with Crippen LogP contribution in [0.1, 0.15) is 83.2 Å². The molecule has 0 saturated carbocycles. The third kappa shape index (κ3) is 9.82. The van der Waals surface area contributed by atoms with Gasteiger partial charge in [0.05, 0.1) is 40.2 Å². The van der Waals surface area contributed by atoms with Crippen molar-refractivity contribution < 1.29 is 41.5 Å². The third-order valence-corrected chi connectivity index (χ3v) is 14.6. The number of alkyl halides is 4. The summed E-state index contributed by atoms with van der Waals surface area (Å²) in [5.41, 5.74) is -1.10. The molecule has 0 aliphatic carbocycles. The van der Waals surface area contributed by atoms with Gasteiger partial charge < -0.3 is 29.8 Å². The van der Waals surface area contributed by atoms with Crippen LogP contribution >= 0.6 is 0 Å². The molecule has 1 aromatic heterocycles. The standard InChI is InChI=1S/C48H54F4N10O5/c49-47(13-19-61(20-14-47)35-2-1-33(27-53)39(26-35)48(50,51)52)46(67)55-41-7-4-36(28-54-41)60-17-11-32(12-18-60)30-58-23-21-57(22-24-58)29-31-9-15-59(16-10-31)34-3-5-37-38(25-34)45(66)62(44(37)65)40-6-8-42(63)56-43(40)64/h1-5,7,25-26,28,31-32,40H,6,8-24,29-30H2,(H,54,55,67)(H,56,63,64). The number of carbonyl (C=O) groups is 5. The summed E-state index contributed by atoms with van der Waals surface area (Å²) in [6.45, 7) is 9.78. The molecule has 2 aromatic carbocycles. The fourth-order valence-electron chi connectivity index (χ4n) is 10.6. The molecule has 5 fully saturated rings. The molecular formula is C48H54F4N10O5. The number of imide groups is 2. The second-order valence-electron chi connectivity index (χ2n) is 18.8. The summed E-state index contributed by atoms with van der Waals surface area (Å²) in [6, 6.07) is 12.9. The molecular weight excluding hydrogens is 873 g/mol. The Morgan fingerprint density at radius 1 is 0.731 bits per heavy atom. The highest BCUT2D eigenvalue weighted by molar-refractivity contribution is 6.23. The molecule has 3 aromatic rings. The van der Waals surface area contributed by atoms with E-state index >= 15 is 4.39 Å². The molecule has 0 bridgehead atoms. The number of halogens is 4. The van der Waals surface area contributed by atoms with Crippen molar-refractivity contribution in [2.75, 3.05) is 98.6 Å². The van der Waals surface area contributed by atoms with Crippen LogP contribution in [-0.4, -0.2) is 139 Å². The molecule has 1 atom stereocenters. The maximum atomic E-state index is 15.8. The predicted octanol–water partition coefficient (Wildman–Crippen LogP) is 5.07. The van der Waals surface area contributed by atoms with Gasteiger partial charge >= 0.3 is 6.18 Å². The summed E-state index contributed by atoms with van der Waals surface area (Å²) in [7, 11) is 0. The summed E-state index contributed by atoms with van der Waals surface area (Å²) in [4.78, 5) is 80.4. The minimum Gasteiger partial charge on any atom is -0.371 e. The van der Waals surface area contributed by atoms with Crippen molar-refractivity contribution in [3.63, 3.8) is 0 Å². The average molecular weight is 927 g/mol. The quantitative estimate of drug-likeness (QED) is 0.205. The number of fused-ring (bicyclic) bond motifs is 1. The number of nitrogens with zero attached hydrogens (tertiary/aromatic N) is 8. The van der Waals surface area contributed by atoms with Crippen LogP contribution in [0.3, 0.4) is 0 Å². The fourth-order valence-corrected chi connectivity index (χ4v) is 10.6. The number of anilines is 4. The number of piperidine rings is 4. The Hall–Kier alpha value is -6.13. The maximum absolute atomic E-state index is 15.8. The first-order valence-electron chi connectivity index (χ1n) is 23.3. The number of hydrogen-bond donors (Lipinski definition) is 2. The molecule has 0 spiro atoms. The van der Waals surface area contributed by atoms with Gasteiger partial charge in [0.25, 0.3) is 17.7 Å². The minimum atomic E-state index is -4.70. The second kappa shape index (κ2) is 18.9. The molecule has 354 valence electrons. The summed E-state index contributed by atoms with van der Waals surface area (Å²) >= 11 is 0. The van der Waals surface area contributed by atoms with E-state index in [-0.39, 0.29) is 50.3 Å². The van der Waals surface area contributed by atoms with Crippen molar-refractivity contribution in [3.05, 3.63) is 77.0 Å². The lowest BCUT2D eigenvalue weighted by atomic mass is 9.91. The van der Waals surface area contributed by atoms with Crippen LogP contribution in [0.5, 0.6) is 0 Å². The first-order chi connectivity index (χ1) is 32.2. The lowest BCUT2D eigenvalue weighted by Gasteiger charge is -2.41. The van der Waals surface area contributed by atoms with Crippen LogP contribution in [0.25, 0.3) is 0 Å². The lowest BCUT2D eigenvalue weighted by Crippen LogP contribution is -2.54. The van der Waals surface area contributed by atoms with Crippen LogP contribution in [0.2, 0.25) is 0 Å². The first-order valence-corrected chi connectivity index (χ1v) is 23.3. The number of hydrogen-bond acceptors (Lipinski definition) is 12. The van der Waals surface area contributed by atoms with E-state index in [9.17, 15) is 37.1 Å². The number of carbonyl (C=O) groups excluding carboxylic acids is 5. The molecule has 9 rings (SSSR count). The largest absolute Gasteiger partial charge is 0.417 e. The van der Waals surface area contributed by atoms with Gasteiger partial charge in [-0.3, -0.25) is 34.2 Å². The van der Waals surface area contributed by atoms with E-state index < -0.39 is 58.5 Å². The highest BCUT2D eigenvalue weighted by Gasteiger charge is 2.46. The second-order valence-corrected chi connectivity index (χ2v) is 18.8. The zero-order valence-electron chi connectivity index (χ0n) is 37.2. The number of rotatable bonds is 10. The number of benzene rings is 2. The Morgan fingerprint density at radius 3 is 1.85 bits per heavy atom. The maximum Gasteiger partial charge on any atom is 0.417 e. The number of amides is 5. The summed E-state index contributed by atoms with van der Waals surface area (Å²) in [5, 5.41) is 13.9. The van der Waals surface area contributed by atoms with Gasteiger partial charge in [0.1, 0.15) is 11.9 Å². The van der Waals surface area contributed by atoms with Crippen LogP contribution < -0.4 is 25.3 Å². The Balaban J connectivity index is 0.668. The molecule has 6 aliphatic heterocycles. The molecule has 19 heteroatoms. The normalized spacial score (nSPS) is 22.5. The van der Waals surface area contributed by atoms with Crippen molar-refractivity contribution in [3.8, 4) is 6.07 Å². The van der Waals surface area contributed by atoms with Crippen molar-refractivity contribution in [2.24, 2.45) is 11.8 Å². The van der Waals surface area contributed by atoms with E-state index in [1.165, 1.54) is 6.07 Å². The molecule has 2 N–H and O–H groups in total. The molecule has 0 radical (unpaired) electrons. The van der Waals surface area contributed by atoms with Gasteiger partial charge in [-0.05, 0) is 92.5 Å². The zero-order chi connectivity index (χ0) is 47.0. The Kier molecular flexibility index (Phi) is 13.0. The Bertz CT molecular complexity index is 2430. The van der Waals surface area contributed by atoms with Crippen molar-refractivity contribution in [2.45, 2.75) is 69.3 Å². The summed E-state index contributed by atoms with van der Waals surface area (Å²) in [5.74, 6) is -1.44. The van der Waals surface area contributed by atoms with Gasteiger partial charge in [-0.15, -0.1) is 0 Å². The van der Waals surface area contributed by atoms with Gasteiger partial charge in [-0.2, -0.15) is 18.4 Å². The molecule has 7 heterocycles. The monoisotopic (exact) mass is 926 g/mol. The fraction of sp³-hybridized carbons (Fsp3) is 0.521. The van der Waals surface area contributed by atoms with E-state index in [1.807, 2.05) is 12.1 Å². The topological polar surface area (TPSA) is 166 Å². The van der Waals surface area contributed by atoms with Crippen molar-refractivity contribution in [1.82, 2.24) is 25.0 Å². The number of nitrogens with one attached hydrogen (secondary N) is 2. The number of aromatic nitrogens is 1. The molecule has 15 nitrogen and oxygen atoms in total. The third-order valence-electron chi connectivity index (χ3n) is 14.6. The SMILES string of the molecule is N#Cc1ccc(N2CCC(F)(C(=O)Nc3ccc(N4CCC(CN5CCN(CC6CCN(c7ccc8c(c7)C(=O)N(C7CCC(=O)NC7=O)C8=O)CC6)CC5)CC4)cn3)CC2)cc1C(F)(F)F. The smallest absolute Gasteiger partial charge is 0.371 e. The van der Waals surface area contributed by atoms with Gasteiger partial charge in [-0.25, -0.2) is 9.37 Å². The van der Waals surface area contributed by atoms with Gasteiger partial charge in [-0.1, -0.05) is 0 Å². The summed E-state index contributed by atoms with van der Waals surface area (Å²) < 4.78 is 56.3. The Labute approximate surface area is 386 Å². The average Bonchev–Trinajstić information content (AvgIpc) is 3.57. The summed E-state index contributed by atoms with van der Waals surface area (Å²) in [6.07, 6.45) is 0.926. The van der Waals surface area contributed by atoms with E-state index in [0.717, 1.165) is 120 Å².